The fraction of sp³-hybridized carbons (Fsp3) is 0.300. The highest BCUT2D eigenvalue weighted by molar-refractivity contribution is 5.45. The monoisotopic (exact) mass is 178 g/mol. The number of aromatic nitrogens is 1. The molecule has 0 radical (unpaired) electrons. The van der Waals surface area contributed by atoms with E-state index in [1.54, 1.807) is 12.3 Å². The van der Waals surface area contributed by atoms with E-state index in [-0.39, 0.29) is 6.61 Å². The van der Waals surface area contributed by atoms with E-state index >= 15 is 0 Å². The van der Waals surface area contributed by atoms with Gasteiger partial charge in [-0.25, -0.2) is 4.98 Å². The van der Waals surface area contributed by atoms with Gasteiger partial charge in [0.05, 0.1) is 6.61 Å². The molecule has 0 bridgehead atoms. The van der Waals surface area contributed by atoms with Crippen molar-refractivity contribution in [3.05, 3.63) is 36.5 Å². The number of rotatable bonds is 4. The number of hydrogen-bond acceptors (Lipinski definition) is 3. The summed E-state index contributed by atoms with van der Waals surface area (Å²) < 4.78 is 0. The number of anilines is 1. The van der Waals surface area contributed by atoms with Gasteiger partial charge in [-0.3, -0.25) is 0 Å². The smallest absolute Gasteiger partial charge is 0.134 e. The lowest BCUT2D eigenvalue weighted by Gasteiger charge is -2.18. The van der Waals surface area contributed by atoms with Crippen LogP contribution in [-0.2, 0) is 6.61 Å². The average molecular weight is 178 g/mol. The van der Waals surface area contributed by atoms with Crippen molar-refractivity contribution in [3.8, 4) is 0 Å². The Morgan fingerprint density at radius 1 is 1.69 bits per heavy atom. The molecule has 0 aliphatic carbocycles. The minimum atomic E-state index is 0.0185. The van der Waals surface area contributed by atoms with E-state index in [1.165, 1.54) is 0 Å². The van der Waals surface area contributed by atoms with Crippen LogP contribution in [0.25, 0.3) is 0 Å². The van der Waals surface area contributed by atoms with Crippen LogP contribution in [0.5, 0.6) is 0 Å². The highest BCUT2D eigenvalue weighted by Crippen LogP contribution is 2.14. The van der Waals surface area contributed by atoms with Crippen molar-refractivity contribution in [1.29, 1.82) is 0 Å². The van der Waals surface area contributed by atoms with Crippen LogP contribution in [-0.4, -0.2) is 23.7 Å². The van der Waals surface area contributed by atoms with Crippen molar-refractivity contribution < 1.29 is 5.11 Å². The van der Waals surface area contributed by atoms with Crippen molar-refractivity contribution in [2.75, 3.05) is 18.5 Å². The topological polar surface area (TPSA) is 36.4 Å². The first-order valence-corrected chi connectivity index (χ1v) is 4.16. The Morgan fingerprint density at radius 3 is 3.08 bits per heavy atom. The molecule has 0 atom stereocenters. The second kappa shape index (κ2) is 4.62. The molecule has 0 spiro atoms. The summed E-state index contributed by atoms with van der Waals surface area (Å²) in [7, 11) is 1.92. The average Bonchev–Trinajstić information content (AvgIpc) is 2.18. The lowest BCUT2D eigenvalue weighted by molar-refractivity contribution is 0.281. The molecule has 1 aromatic heterocycles. The summed E-state index contributed by atoms with van der Waals surface area (Å²) in [4.78, 5) is 6.13. The number of hydrogen-bond donors (Lipinski definition) is 1. The predicted molar refractivity (Wildman–Crippen MR) is 53.6 cm³/mol. The first-order chi connectivity index (χ1) is 6.29. The summed E-state index contributed by atoms with van der Waals surface area (Å²) in [5.41, 5.74) is 0.840. The van der Waals surface area contributed by atoms with Gasteiger partial charge in [0.25, 0.3) is 0 Å². The maximum Gasteiger partial charge on any atom is 0.134 e. The Labute approximate surface area is 78.3 Å². The molecule has 13 heavy (non-hydrogen) atoms. The highest BCUT2D eigenvalue weighted by Gasteiger charge is 2.05. The Morgan fingerprint density at radius 2 is 2.46 bits per heavy atom. The molecule has 1 rings (SSSR count). The third-order valence-corrected chi connectivity index (χ3v) is 1.80. The van der Waals surface area contributed by atoms with Gasteiger partial charge in [-0.15, -0.1) is 6.58 Å². The van der Waals surface area contributed by atoms with Crippen LogP contribution in [0.1, 0.15) is 5.56 Å². The largest absolute Gasteiger partial charge is 0.392 e. The minimum Gasteiger partial charge on any atom is -0.392 e. The van der Waals surface area contributed by atoms with Gasteiger partial charge in [-0.2, -0.15) is 0 Å². The molecule has 0 amide bonds. The zero-order valence-electron chi connectivity index (χ0n) is 7.77. The minimum absolute atomic E-state index is 0.0185. The lowest BCUT2D eigenvalue weighted by atomic mass is 10.2. The fourth-order valence-electron chi connectivity index (χ4n) is 1.18. The van der Waals surface area contributed by atoms with Gasteiger partial charge in [0, 0.05) is 25.4 Å². The third-order valence-electron chi connectivity index (χ3n) is 1.80. The van der Waals surface area contributed by atoms with Crippen LogP contribution < -0.4 is 4.90 Å². The van der Waals surface area contributed by atoms with E-state index < -0.39 is 0 Å². The molecule has 0 aliphatic heterocycles. The third kappa shape index (κ3) is 2.29. The maximum absolute atomic E-state index is 9.04. The summed E-state index contributed by atoms with van der Waals surface area (Å²) >= 11 is 0. The van der Waals surface area contributed by atoms with Crippen molar-refractivity contribution in [2.45, 2.75) is 6.61 Å². The van der Waals surface area contributed by atoms with Gasteiger partial charge in [-0.1, -0.05) is 12.1 Å². The van der Waals surface area contributed by atoms with Crippen LogP contribution in [0.15, 0.2) is 31.0 Å². The molecule has 0 fully saturated rings. The summed E-state index contributed by atoms with van der Waals surface area (Å²) in [5.74, 6) is 0.810. The Hall–Kier alpha value is -1.35. The number of pyridine rings is 1. The highest BCUT2D eigenvalue weighted by atomic mass is 16.3. The summed E-state index contributed by atoms with van der Waals surface area (Å²) in [6.45, 7) is 4.39. The van der Waals surface area contributed by atoms with Crippen molar-refractivity contribution in [1.82, 2.24) is 4.98 Å². The number of aliphatic hydroxyl groups is 1. The molecule has 0 saturated carbocycles. The van der Waals surface area contributed by atoms with Crippen LogP contribution in [0.4, 0.5) is 5.82 Å². The molecule has 0 aromatic carbocycles. The van der Waals surface area contributed by atoms with E-state index in [2.05, 4.69) is 11.6 Å². The molecule has 1 aromatic rings. The zero-order valence-corrected chi connectivity index (χ0v) is 7.77. The molecule has 0 unspecified atom stereocenters. The van der Waals surface area contributed by atoms with Gasteiger partial charge >= 0.3 is 0 Å². The molecule has 0 saturated heterocycles. The van der Waals surface area contributed by atoms with E-state index in [0.717, 1.165) is 17.9 Å². The van der Waals surface area contributed by atoms with Gasteiger partial charge in [0.1, 0.15) is 5.82 Å². The van der Waals surface area contributed by atoms with Gasteiger partial charge in [0.15, 0.2) is 0 Å². The Bertz CT molecular complexity index is 286. The van der Waals surface area contributed by atoms with E-state index in [9.17, 15) is 0 Å². The molecular weight excluding hydrogens is 164 g/mol. The van der Waals surface area contributed by atoms with Crippen LogP contribution in [0.3, 0.4) is 0 Å². The predicted octanol–water partition coefficient (Wildman–Crippen LogP) is 1.20. The standard InChI is InChI=1S/C10H14N2O/c1-3-7-12(2)10-9(8-13)5-4-6-11-10/h3-6,13H,1,7-8H2,2H3. The molecule has 0 aliphatic rings. The lowest BCUT2D eigenvalue weighted by Crippen LogP contribution is -2.19. The van der Waals surface area contributed by atoms with Crippen molar-refractivity contribution in [2.24, 2.45) is 0 Å². The Balaban J connectivity index is 2.91. The van der Waals surface area contributed by atoms with Crippen LogP contribution >= 0.6 is 0 Å². The summed E-state index contributed by atoms with van der Waals surface area (Å²) in [5, 5.41) is 9.04. The SMILES string of the molecule is C=CCN(C)c1ncccc1CO. The van der Waals surface area contributed by atoms with E-state index in [4.69, 9.17) is 5.11 Å². The molecule has 3 nitrogen and oxygen atoms in total. The zero-order chi connectivity index (χ0) is 9.68. The molecule has 3 heteroatoms. The van der Waals surface area contributed by atoms with Crippen molar-refractivity contribution in [3.63, 3.8) is 0 Å². The fourth-order valence-corrected chi connectivity index (χ4v) is 1.18. The first kappa shape index (κ1) is 9.74. The number of likely N-dealkylation sites (N-methyl/N-ethyl adjacent to an activating group) is 1. The molecule has 1 N–H and O–H groups in total. The first-order valence-electron chi connectivity index (χ1n) is 4.16. The second-order valence-electron chi connectivity index (χ2n) is 2.81. The summed E-state index contributed by atoms with van der Waals surface area (Å²) in [6.07, 6.45) is 3.52. The normalized spacial score (nSPS) is 9.69. The number of aliphatic hydroxyl groups excluding tert-OH is 1. The maximum atomic E-state index is 9.04. The van der Waals surface area contributed by atoms with Gasteiger partial charge < -0.3 is 10.0 Å². The van der Waals surface area contributed by atoms with Crippen molar-refractivity contribution >= 4 is 5.82 Å². The Kier molecular flexibility index (Phi) is 3.46. The van der Waals surface area contributed by atoms with E-state index in [1.807, 2.05) is 24.1 Å². The second-order valence-corrected chi connectivity index (χ2v) is 2.81. The molecule has 70 valence electrons. The van der Waals surface area contributed by atoms with Crippen LogP contribution in [0, 0.1) is 0 Å². The quantitative estimate of drug-likeness (QED) is 0.704. The summed E-state index contributed by atoms with van der Waals surface area (Å²) in [6, 6.07) is 3.68. The number of nitrogens with zero attached hydrogens (tertiary/aromatic N) is 2. The van der Waals surface area contributed by atoms with Gasteiger partial charge in [-0.05, 0) is 6.07 Å². The van der Waals surface area contributed by atoms with Crippen LogP contribution in [0.2, 0.25) is 0 Å². The molecule has 1 heterocycles. The van der Waals surface area contributed by atoms with Gasteiger partial charge in [0.2, 0.25) is 0 Å². The molecular formula is C10H14N2O. The van der Waals surface area contributed by atoms with E-state index in [0.29, 0.717) is 0 Å².